The van der Waals surface area contributed by atoms with Gasteiger partial charge in [0.15, 0.2) is 6.79 Å². The normalized spacial score (nSPS) is 14.6. The van der Waals surface area contributed by atoms with E-state index in [1.165, 1.54) is 17.2 Å². The molecule has 1 atom stereocenters. The molecule has 3 rings (SSSR count). The predicted molar refractivity (Wildman–Crippen MR) is 108 cm³/mol. The van der Waals surface area contributed by atoms with Crippen LogP contribution in [0.1, 0.15) is 61.9 Å². The van der Waals surface area contributed by atoms with Gasteiger partial charge in [-0.15, -0.1) is 0 Å². The Labute approximate surface area is 166 Å². The number of non-ortho nitro benzene ring substituents is 1. The van der Waals surface area contributed by atoms with Crippen LogP contribution in [-0.4, -0.2) is 11.7 Å². The summed E-state index contributed by atoms with van der Waals surface area (Å²) in [6.45, 7) is 9.68. The number of nitro benzene ring substituents is 1. The van der Waals surface area contributed by atoms with E-state index in [9.17, 15) is 10.1 Å². The van der Waals surface area contributed by atoms with E-state index >= 15 is 0 Å². The minimum atomic E-state index is -0.372. The van der Waals surface area contributed by atoms with E-state index < -0.39 is 0 Å². The summed E-state index contributed by atoms with van der Waals surface area (Å²) in [4.78, 5) is 10.9. The molecule has 2 aromatic carbocycles. The maximum absolute atomic E-state index is 11.3. The highest BCUT2D eigenvalue weighted by Gasteiger charge is 2.22. The van der Waals surface area contributed by atoms with Crippen LogP contribution < -0.4 is 10.1 Å². The first-order valence-electron chi connectivity index (χ1n) is 9.70. The van der Waals surface area contributed by atoms with Crippen LogP contribution in [0.3, 0.4) is 0 Å². The highest BCUT2D eigenvalue weighted by molar-refractivity contribution is 5.50. The maximum atomic E-state index is 11.3. The SMILES string of the molecule is CC(C)c1ccc([C@@H](NCc2cc([N+](=O)[O-])cc3c2OCOC3)C(C)C)cc1. The van der Waals surface area contributed by atoms with Crippen molar-refractivity contribution in [2.45, 2.75) is 52.8 Å². The number of ether oxygens (including phenoxy) is 2. The minimum absolute atomic E-state index is 0.0621. The van der Waals surface area contributed by atoms with Crippen LogP contribution in [0.2, 0.25) is 0 Å². The molecule has 0 aromatic heterocycles. The average Bonchev–Trinajstić information content (AvgIpc) is 2.67. The lowest BCUT2D eigenvalue weighted by atomic mass is 9.93. The van der Waals surface area contributed by atoms with E-state index in [2.05, 4.69) is 57.3 Å². The summed E-state index contributed by atoms with van der Waals surface area (Å²) in [6.07, 6.45) is 0. The summed E-state index contributed by atoms with van der Waals surface area (Å²) in [5, 5.41) is 14.9. The van der Waals surface area contributed by atoms with Gasteiger partial charge in [-0.05, 0) is 23.0 Å². The van der Waals surface area contributed by atoms with Crippen molar-refractivity contribution in [3.05, 3.63) is 68.8 Å². The number of fused-ring (bicyclic) bond motifs is 1. The molecule has 1 aliphatic rings. The summed E-state index contributed by atoms with van der Waals surface area (Å²) >= 11 is 0. The molecular weight excluding hydrogens is 356 g/mol. The summed E-state index contributed by atoms with van der Waals surface area (Å²) in [6, 6.07) is 11.9. The van der Waals surface area contributed by atoms with Crippen molar-refractivity contribution in [2.24, 2.45) is 5.92 Å². The minimum Gasteiger partial charge on any atom is -0.467 e. The van der Waals surface area contributed by atoms with Crippen molar-refractivity contribution >= 4 is 5.69 Å². The fourth-order valence-corrected chi connectivity index (χ4v) is 3.56. The van der Waals surface area contributed by atoms with Gasteiger partial charge in [0.05, 0.1) is 11.5 Å². The molecule has 2 aromatic rings. The quantitative estimate of drug-likeness (QED) is 0.533. The average molecular weight is 384 g/mol. The molecule has 0 amide bonds. The molecular formula is C22H28N2O4. The van der Waals surface area contributed by atoms with Crippen LogP contribution in [0, 0.1) is 16.0 Å². The first kappa shape index (κ1) is 20.3. The fourth-order valence-electron chi connectivity index (χ4n) is 3.56. The lowest BCUT2D eigenvalue weighted by molar-refractivity contribution is -0.385. The topological polar surface area (TPSA) is 73.6 Å². The molecule has 6 heteroatoms. The molecule has 0 unspecified atom stereocenters. The van der Waals surface area contributed by atoms with E-state index in [0.717, 1.165) is 11.1 Å². The van der Waals surface area contributed by atoms with E-state index in [1.54, 1.807) is 6.07 Å². The molecule has 150 valence electrons. The van der Waals surface area contributed by atoms with Gasteiger partial charge in [-0.2, -0.15) is 0 Å². The second-order valence-electron chi connectivity index (χ2n) is 7.88. The molecule has 0 spiro atoms. The molecule has 0 saturated carbocycles. The third kappa shape index (κ3) is 4.51. The van der Waals surface area contributed by atoms with Crippen LogP contribution in [-0.2, 0) is 17.9 Å². The largest absolute Gasteiger partial charge is 0.467 e. The van der Waals surface area contributed by atoms with Crippen molar-refractivity contribution in [2.75, 3.05) is 6.79 Å². The Morgan fingerprint density at radius 2 is 1.79 bits per heavy atom. The molecule has 0 fully saturated rings. The summed E-state index contributed by atoms with van der Waals surface area (Å²) in [5.41, 5.74) is 4.10. The highest BCUT2D eigenvalue weighted by atomic mass is 16.7. The summed E-state index contributed by atoms with van der Waals surface area (Å²) < 4.78 is 10.9. The van der Waals surface area contributed by atoms with Crippen molar-refractivity contribution in [1.82, 2.24) is 5.32 Å². The van der Waals surface area contributed by atoms with Crippen molar-refractivity contribution in [3.63, 3.8) is 0 Å². The number of benzene rings is 2. The van der Waals surface area contributed by atoms with Crippen molar-refractivity contribution in [1.29, 1.82) is 0 Å². The van der Waals surface area contributed by atoms with Crippen molar-refractivity contribution < 1.29 is 14.4 Å². The van der Waals surface area contributed by atoms with E-state index in [0.29, 0.717) is 30.7 Å². The number of hydrogen-bond donors (Lipinski definition) is 1. The first-order chi connectivity index (χ1) is 13.4. The Bertz CT molecular complexity index is 831. The lowest BCUT2D eigenvalue weighted by Crippen LogP contribution is -2.26. The molecule has 1 aliphatic heterocycles. The van der Waals surface area contributed by atoms with Gasteiger partial charge < -0.3 is 14.8 Å². The fraction of sp³-hybridized carbons (Fsp3) is 0.455. The Hall–Kier alpha value is -2.44. The molecule has 0 saturated heterocycles. The van der Waals surface area contributed by atoms with E-state index in [1.807, 2.05) is 0 Å². The van der Waals surface area contributed by atoms with Gasteiger partial charge in [0, 0.05) is 35.8 Å². The summed E-state index contributed by atoms with van der Waals surface area (Å²) in [7, 11) is 0. The standard InChI is InChI=1S/C22H28N2O4/c1-14(2)16-5-7-17(8-6-16)21(15(3)4)23-11-18-9-20(24(25)26)10-19-12-27-13-28-22(18)19/h5-10,14-15,21,23H,11-13H2,1-4H3/t21-/m0/s1. The smallest absolute Gasteiger partial charge is 0.270 e. The molecule has 6 nitrogen and oxygen atoms in total. The number of nitro groups is 1. The maximum Gasteiger partial charge on any atom is 0.270 e. The second kappa shape index (κ2) is 8.71. The molecule has 28 heavy (non-hydrogen) atoms. The highest BCUT2D eigenvalue weighted by Crippen LogP contribution is 2.33. The molecule has 0 aliphatic carbocycles. The predicted octanol–water partition coefficient (Wildman–Crippen LogP) is 5.07. The van der Waals surface area contributed by atoms with Gasteiger partial charge in [0.1, 0.15) is 5.75 Å². The number of nitrogens with one attached hydrogen (secondary N) is 1. The Morgan fingerprint density at radius 3 is 2.39 bits per heavy atom. The van der Waals surface area contributed by atoms with Crippen LogP contribution in [0.5, 0.6) is 5.75 Å². The van der Waals surface area contributed by atoms with Crippen molar-refractivity contribution in [3.8, 4) is 5.75 Å². The number of rotatable bonds is 7. The van der Waals surface area contributed by atoms with Gasteiger partial charge in [-0.3, -0.25) is 10.1 Å². The van der Waals surface area contributed by atoms with Gasteiger partial charge in [-0.25, -0.2) is 0 Å². The lowest BCUT2D eigenvalue weighted by Gasteiger charge is -2.25. The Balaban J connectivity index is 1.84. The molecule has 1 heterocycles. The molecule has 1 N–H and O–H groups in total. The zero-order chi connectivity index (χ0) is 20.3. The van der Waals surface area contributed by atoms with Gasteiger partial charge >= 0.3 is 0 Å². The first-order valence-corrected chi connectivity index (χ1v) is 9.70. The Kier molecular flexibility index (Phi) is 6.31. The third-order valence-electron chi connectivity index (χ3n) is 5.12. The number of hydrogen-bond acceptors (Lipinski definition) is 5. The van der Waals surface area contributed by atoms with Crippen LogP contribution in [0.15, 0.2) is 36.4 Å². The monoisotopic (exact) mass is 384 g/mol. The number of nitrogens with zero attached hydrogens (tertiary/aromatic N) is 1. The van der Waals surface area contributed by atoms with Gasteiger partial charge in [-0.1, -0.05) is 52.0 Å². The van der Waals surface area contributed by atoms with E-state index in [-0.39, 0.29) is 23.4 Å². The van der Waals surface area contributed by atoms with Gasteiger partial charge in [0.25, 0.3) is 5.69 Å². The van der Waals surface area contributed by atoms with Gasteiger partial charge in [0.2, 0.25) is 0 Å². The van der Waals surface area contributed by atoms with Crippen LogP contribution >= 0.6 is 0 Å². The Morgan fingerprint density at radius 1 is 1.11 bits per heavy atom. The zero-order valence-electron chi connectivity index (χ0n) is 16.9. The summed E-state index contributed by atoms with van der Waals surface area (Å²) in [5.74, 6) is 1.56. The molecule has 0 bridgehead atoms. The van der Waals surface area contributed by atoms with Crippen LogP contribution in [0.25, 0.3) is 0 Å². The second-order valence-corrected chi connectivity index (χ2v) is 7.88. The third-order valence-corrected chi connectivity index (χ3v) is 5.12. The molecule has 0 radical (unpaired) electrons. The zero-order valence-corrected chi connectivity index (χ0v) is 16.9. The van der Waals surface area contributed by atoms with Crippen LogP contribution in [0.4, 0.5) is 5.69 Å². The van der Waals surface area contributed by atoms with E-state index in [4.69, 9.17) is 9.47 Å².